The summed E-state index contributed by atoms with van der Waals surface area (Å²) < 4.78 is 0. The van der Waals surface area contributed by atoms with Gasteiger partial charge in [0.1, 0.15) is 0 Å². The Morgan fingerprint density at radius 1 is 1.31 bits per heavy atom. The van der Waals surface area contributed by atoms with Gasteiger partial charge in [-0.1, -0.05) is 44.2 Å². The molecule has 1 aromatic rings. The molecule has 0 radical (unpaired) electrons. The van der Waals surface area contributed by atoms with E-state index in [0.717, 1.165) is 5.56 Å². The highest BCUT2D eigenvalue weighted by atomic mass is 35.5. The van der Waals surface area contributed by atoms with Crippen LogP contribution in [0.2, 0.25) is 0 Å². The van der Waals surface area contributed by atoms with Gasteiger partial charge in [-0.25, -0.2) is 0 Å². The van der Waals surface area contributed by atoms with E-state index in [4.69, 9.17) is 11.6 Å². The van der Waals surface area contributed by atoms with Gasteiger partial charge in [0.25, 0.3) is 0 Å². The number of nitrogens with one attached hydrogen (secondary N) is 1. The molecule has 1 N–H and O–H groups in total. The molecule has 2 nitrogen and oxygen atoms in total. The van der Waals surface area contributed by atoms with Crippen molar-refractivity contribution in [3.05, 3.63) is 35.9 Å². The highest BCUT2D eigenvalue weighted by molar-refractivity contribution is 6.18. The van der Waals surface area contributed by atoms with Crippen molar-refractivity contribution in [1.82, 2.24) is 5.32 Å². The van der Waals surface area contributed by atoms with Crippen LogP contribution in [0.25, 0.3) is 0 Å². The van der Waals surface area contributed by atoms with E-state index in [1.165, 1.54) is 0 Å². The lowest BCUT2D eigenvalue weighted by atomic mass is 9.96. The summed E-state index contributed by atoms with van der Waals surface area (Å²) in [6.45, 7) is 4.67. The first-order valence-electron chi connectivity index (χ1n) is 5.40. The second-order valence-electron chi connectivity index (χ2n) is 4.74. The SMILES string of the molecule is CC(C)(CCl)CNC(=O)Cc1ccccc1. The van der Waals surface area contributed by atoms with E-state index < -0.39 is 0 Å². The summed E-state index contributed by atoms with van der Waals surface area (Å²) in [5.74, 6) is 0.586. The number of amides is 1. The van der Waals surface area contributed by atoms with Gasteiger partial charge in [0.2, 0.25) is 5.91 Å². The fourth-order valence-electron chi connectivity index (χ4n) is 1.23. The molecular formula is C13H18ClNO. The van der Waals surface area contributed by atoms with Crippen molar-refractivity contribution < 1.29 is 4.79 Å². The van der Waals surface area contributed by atoms with Gasteiger partial charge >= 0.3 is 0 Å². The predicted octanol–water partition coefficient (Wildman–Crippen LogP) is 2.61. The Morgan fingerprint density at radius 3 is 2.50 bits per heavy atom. The number of benzene rings is 1. The number of hydrogen-bond donors (Lipinski definition) is 1. The Hall–Kier alpha value is -1.02. The van der Waals surface area contributed by atoms with Crippen LogP contribution in [-0.4, -0.2) is 18.3 Å². The zero-order chi connectivity index (χ0) is 12.0. The van der Waals surface area contributed by atoms with Crippen molar-refractivity contribution >= 4 is 17.5 Å². The second kappa shape index (κ2) is 5.90. The molecule has 0 fully saturated rings. The maximum atomic E-state index is 11.6. The summed E-state index contributed by atoms with van der Waals surface area (Å²) in [5.41, 5.74) is 0.983. The van der Waals surface area contributed by atoms with Gasteiger partial charge in [-0.3, -0.25) is 4.79 Å². The molecule has 0 saturated carbocycles. The molecule has 1 amide bonds. The van der Waals surface area contributed by atoms with Crippen LogP contribution in [0, 0.1) is 5.41 Å². The van der Waals surface area contributed by atoms with Crippen LogP contribution in [0.1, 0.15) is 19.4 Å². The first kappa shape index (κ1) is 13.0. The maximum absolute atomic E-state index is 11.6. The van der Waals surface area contributed by atoms with Gasteiger partial charge in [0.15, 0.2) is 0 Å². The maximum Gasteiger partial charge on any atom is 0.224 e. The molecule has 0 heterocycles. The molecule has 0 aliphatic rings. The highest BCUT2D eigenvalue weighted by Crippen LogP contribution is 2.15. The third-order valence-corrected chi connectivity index (χ3v) is 3.06. The minimum absolute atomic E-state index is 0.0457. The number of hydrogen-bond acceptors (Lipinski definition) is 1. The van der Waals surface area contributed by atoms with Gasteiger partial charge in [-0.05, 0) is 11.0 Å². The number of alkyl halides is 1. The number of rotatable bonds is 5. The van der Waals surface area contributed by atoms with Gasteiger partial charge in [0.05, 0.1) is 6.42 Å². The summed E-state index contributed by atoms with van der Waals surface area (Å²) in [5, 5.41) is 2.90. The van der Waals surface area contributed by atoms with E-state index in [1.54, 1.807) is 0 Å². The van der Waals surface area contributed by atoms with Crippen molar-refractivity contribution in [1.29, 1.82) is 0 Å². The van der Waals surface area contributed by atoms with Crippen LogP contribution >= 0.6 is 11.6 Å². The van der Waals surface area contributed by atoms with Crippen molar-refractivity contribution in [2.45, 2.75) is 20.3 Å². The van der Waals surface area contributed by atoms with Gasteiger partial charge in [-0.15, -0.1) is 11.6 Å². The second-order valence-corrected chi connectivity index (χ2v) is 5.00. The molecule has 1 aromatic carbocycles. The minimum atomic E-state index is -0.0477. The van der Waals surface area contributed by atoms with E-state index in [0.29, 0.717) is 18.8 Å². The van der Waals surface area contributed by atoms with Crippen molar-refractivity contribution in [2.75, 3.05) is 12.4 Å². The van der Waals surface area contributed by atoms with Crippen LogP contribution in [-0.2, 0) is 11.2 Å². The third kappa shape index (κ3) is 4.67. The Kier molecular flexibility index (Phi) is 4.81. The lowest BCUT2D eigenvalue weighted by Crippen LogP contribution is -2.35. The monoisotopic (exact) mass is 239 g/mol. The summed E-state index contributed by atoms with van der Waals surface area (Å²) in [6.07, 6.45) is 0.430. The minimum Gasteiger partial charge on any atom is -0.355 e. The van der Waals surface area contributed by atoms with E-state index in [2.05, 4.69) is 5.32 Å². The van der Waals surface area contributed by atoms with E-state index in [1.807, 2.05) is 44.2 Å². The normalized spacial score (nSPS) is 11.2. The summed E-state index contributed by atoms with van der Waals surface area (Å²) >= 11 is 5.79. The highest BCUT2D eigenvalue weighted by Gasteiger charge is 2.17. The molecular weight excluding hydrogens is 222 g/mol. The Labute approximate surface area is 102 Å². The van der Waals surface area contributed by atoms with Crippen molar-refractivity contribution in [3.63, 3.8) is 0 Å². The Morgan fingerprint density at radius 2 is 1.94 bits per heavy atom. The predicted molar refractivity (Wildman–Crippen MR) is 67.7 cm³/mol. The quantitative estimate of drug-likeness (QED) is 0.787. The van der Waals surface area contributed by atoms with E-state index in [-0.39, 0.29) is 11.3 Å². The van der Waals surface area contributed by atoms with Crippen LogP contribution in [0.3, 0.4) is 0 Å². The van der Waals surface area contributed by atoms with Crippen LogP contribution < -0.4 is 5.32 Å². The average molecular weight is 240 g/mol. The molecule has 0 aliphatic carbocycles. The summed E-state index contributed by atoms with van der Waals surface area (Å²) in [4.78, 5) is 11.6. The number of halogens is 1. The first-order chi connectivity index (χ1) is 7.53. The zero-order valence-electron chi connectivity index (χ0n) is 9.79. The van der Waals surface area contributed by atoms with Crippen LogP contribution in [0.4, 0.5) is 0 Å². The van der Waals surface area contributed by atoms with Gasteiger partial charge in [-0.2, -0.15) is 0 Å². The number of carbonyl (C=O) groups is 1. The lowest BCUT2D eigenvalue weighted by molar-refractivity contribution is -0.120. The summed E-state index contributed by atoms with van der Waals surface area (Å²) in [6, 6.07) is 9.72. The first-order valence-corrected chi connectivity index (χ1v) is 5.93. The molecule has 16 heavy (non-hydrogen) atoms. The van der Waals surface area contributed by atoms with E-state index >= 15 is 0 Å². The largest absolute Gasteiger partial charge is 0.355 e. The molecule has 1 rings (SSSR count). The van der Waals surface area contributed by atoms with E-state index in [9.17, 15) is 4.79 Å². The smallest absolute Gasteiger partial charge is 0.224 e. The molecule has 0 aliphatic heterocycles. The molecule has 0 saturated heterocycles. The fourth-order valence-corrected chi connectivity index (χ4v) is 1.32. The van der Waals surface area contributed by atoms with Crippen molar-refractivity contribution in [3.8, 4) is 0 Å². The fraction of sp³-hybridized carbons (Fsp3) is 0.462. The van der Waals surface area contributed by atoms with Crippen LogP contribution in [0.15, 0.2) is 30.3 Å². The van der Waals surface area contributed by atoms with Gasteiger partial charge in [0, 0.05) is 12.4 Å². The topological polar surface area (TPSA) is 29.1 Å². The average Bonchev–Trinajstić information content (AvgIpc) is 2.28. The van der Waals surface area contributed by atoms with Crippen LogP contribution in [0.5, 0.6) is 0 Å². The number of carbonyl (C=O) groups excluding carboxylic acids is 1. The zero-order valence-corrected chi connectivity index (χ0v) is 10.6. The summed E-state index contributed by atoms with van der Waals surface area (Å²) in [7, 11) is 0. The van der Waals surface area contributed by atoms with Crippen molar-refractivity contribution in [2.24, 2.45) is 5.41 Å². The van der Waals surface area contributed by atoms with Gasteiger partial charge < -0.3 is 5.32 Å². The molecule has 0 aromatic heterocycles. The molecule has 3 heteroatoms. The molecule has 88 valence electrons. The Balaban J connectivity index is 2.38. The molecule has 0 atom stereocenters. The molecule has 0 bridgehead atoms. The third-order valence-electron chi connectivity index (χ3n) is 2.33. The molecule has 0 unspecified atom stereocenters. The lowest BCUT2D eigenvalue weighted by Gasteiger charge is -2.21. The Bertz CT molecular complexity index is 335. The molecule has 0 spiro atoms. The standard InChI is InChI=1S/C13H18ClNO/c1-13(2,9-14)10-15-12(16)8-11-6-4-3-5-7-11/h3-7H,8-10H2,1-2H3,(H,15,16).